The van der Waals surface area contributed by atoms with Crippen LogP contribution in [-0.4, -0.2) is 28.4 Å². The number of hydrogen-bond donors (Lipinski definition) is 2. The predicted molar refractivity (Wildman–Crippen MR) is 142 cm³/mol. The molecule has 0 bridgehead atoms. The number of ether oxygens (including phenoxy) is 2. The zero-order valence-corrected chi connectivity index (χ0v) is 21.3. The number of nitrogens with zero attached hydrogens (tertiary/aromatic N) is 3. The maximum atomic E-state index is 16.0. The molecule has 0 aliphatic rings. The van der Waals surface area contributed by atoms with Gasteiger partial charge in [0.2, 0.25) is 0 Å². The normalized spacial score (nSPS) is 11.6. The molecule has 9 heteroatoms. The van der Waals surface area contributed by atoms with Crippen molar-refractivity contribution in [2.75, 3.05) is 11.9 Å². The lowest BCUT2D eigenvalue weighted by molar-refractivity contribution is 0.1000. The molecule has 1 atom stereocenters. The third-order valence-corrected chi connectivity index (χ3v) is 5.67. The molecule has 3 N–H and O–H groups in total. The van der Waals surface area contributed by atoms with Gasteiger partial charge >= 0.3 is 0 Å². The molecule has 194 valence electrons. The van der Waals surface area contributed by atoms with Gasteiger partial charge in [-0.25, -0.2) is 9.07 Å². The SMILES string of the molecule is CCOc1cc(OC(C)C)c(F)c(C(Nc2ccc(C#N)cc2)c2ccn(-c3ccccc3C(N)=O)n2)c1. The minimum Gasteiger partial charge on any atom is -0.494 e. The van der Waals surface area contributed by atoms with Crippen LogP contribution in [0.25, 0.3) is 5.69 Å². The van der Waals surface area contributed by atoms with E-state index >= 15 is 4.39 Å². The Labute approximate surface area is 220 Å². The van der Waals surface area contributed by atoms with Gasteiger partial charge in [0.15, 0.2) is 11.6 Å². The third kappa shape index (κ3) is 5.76. The quantitative estimate of drug-likeness (QED) is 0.295. The zero-order chi connectivity index (χ0) is 27.2. The highest BCUT2D eigenvalue weighted by Crippen LogP contribution is 2.36. The molecule has 0 aliphatic carbocycles. The van der Waals surface area contributed by atoms with Crippen molar-refractivity contribution in [1.82, 2.24) is 9.78 Å². The molecule has 0 saturated heterocycles. The standard InChI is InChI=1S/C29H28FN5O3/c1-4-37-21-15-23(27(30)26(16-21)38-18(2)3)28(33-20-11-9-19(17-31)10-12-20)24-13-14-35(34-24)25-8-6-5-7-22(25)29(32)36/h5-16,18,28,33H,4H2,1-3H3,(H2,32,36). The van der Waals surface area contributed by atoms with Crippen molar-refractivity contribution in [3.05, 3.63) is 101 Å². The van der Waals surface area contributed by atoms with Gasteiger partial charge in [0.05, 0.1) is 47.3 Å². The number of nitriles is 1. The van der Waals surface area contributed by atoms with Crippen LogP contribution in [0.1, 0.15) is 54.0 Å². The summed E-state index contributed by atoms with van der Waals surface area (Å²) in [5.74, 6) is -0.632. The Morgan fingerprint density at radius 2 is 1.89 bits per heavy atom. The summed E-state index contributed by atoms with van der Waals surface area (Å²) in [5, 5.41) is 17.2. The van der Waals surface area contributed by atoms with E-state index < -0.39 is 17.8 Å². The summed E-state index contributed by atoms with van der Waals surface area (Å²) in [5.41, 5.74) is 8.23. The number of amides is 1. The summed E-state index contributed by atoms with van der Waals surface area (Å²) in [6.45, 7) is 5.86. The molecule has 1 aromatic heterocycles. The Bertz CT molecular complexity index is 1470. The van der Waals surface area contributed by atoms with Gasteiger partial charge in [-0.05, 0) is 69.3 Å². The van der Waals surface area contributed by atoms with Gasteiger partial charge in [0, 0.05) is 23.5 Å². The maximum Gasteiger partial charge on any atom is 0.250 e. The van der Waals surface area contributed by atoms with Crippen LogP contribution in [0.15, 0.2) is 72.9 Å². The number of carbonyl (C=O) groups is 1. The number of aromatic nitrogens is 2. The minimum absolute atomic E-state index is 0.0612. The number of primary amides is 1. The monoisotopic (exact) mass is 513 g/mol. The Kier molecular flexibility index (Phi) is 7.92. The number of nitrogens with one attached hydrogen (secondary N) is 1. The predicted octanol–water partition coefficient (Wildman–Crippen LogP) is 5.37. The molecule has 4 rings (SSSR count). The summed E-state index contributed by atoms with van der Waals surface area (Å²) in [6.07, 6.45) is 1.42. The van der Waals surface area contributed by atoms with Crippen molar-refractivity contribution in [2.45, 2.75) is 32.9 Å². The molecule has 4 aromatic rings. The molecule has 0 saturated carbocycles. The highest BCUT2D eigenvalue weighted by molar-refractivity contribution is 5.96. The van der Waals surface area contributed by atoms with Crippen LogP contribution in [-0.2, 0) is 0 Å². The Morgan fingerprint density at radius 3 is 2.55 bits per heavy atom. The van der Waals surface area contributed by atoms with E-state index in [-0.39, 0.29) is 17.4 Å². The van der Waals surface area contributed by atoms with E-state index in [2.05, 4.69) is 16.5 Å². The van der Waals surface area contributed by atoms with E-state index in [4.69, 9.17) is 20.5 Å². The van der Waals surface area contributed by atoms with Gasteiger partial charge in [0.1, 0.15) is 5.75 Å². The second-order valence-electron chi connectivity index (χ2n) is 8.76. The molecule has 1 heterocycles. The van der Waals surface area contributed by atoms with E-state index in [1.165, 1.54) is 10.7 Å². The van der Waals surface area contributed by atoms with E-state index in [0.29, 0.717) is 40.6 Å². The molecule has 0 aliphatic heterocycles. The summed E-state index contributed by atoms with van der Waals surface area (Å²) < 4.78 is 29.0. The lowest BCUT2D eigenvalue weighted by atomic mass is 10.0. The summed E-state index contributed by atoms with van der Waals surface area (Å²) in [4.78, 5) is 12.0. The molecule has 38 heavy (non-hydrogen) atoms. The van der Waals surface area contributed by atoms with Crippen molar-refractivity contribution in [2.24, 2.45) is 5.73 Å². The lowest BCUT2D eigenvalue weighted by Gasteiger charge is -2.22. The fraction of sp³-hybridized carbons (Fsp3) is 0.207. The van der Waals surface area contributed by atoms with Gasteiger partial charge in [0.25, 0.3) is 5.91 Å². The first-order valence-electron chi connectivity index (χ1n) is 12.1. The molecule has 0 fully saturated rings. The fourth-order valence-corrected chi connectivity index (χ4v) is 4.02. The van der Waals surface area contributed by atoms with E-state index in [9.17, 15) is 4.79 Å². The zero-order valence-electron chi connectivity index (χ0n) is 21.3. The van der Waals surface area contributed by atoms with Crippen molar-refractivity contribution >= 4 is 11.6 Å². The van der Waals surface area contributed by atoms with Crippen molar-refractivity contribution in [1.29, 1.82) is 5.26 Å². The molecule has 0 radical (unpaired) electrons. The third-order valence-electron chi connectivity index (χ3n) is 5.67. The molecule has 3 aromatic carbocycles. The number of halogens is 1. The Balaban J connectivity index is 1.85. The highest BCUT2D eigenvalue weighted by Gasteiger charge is 2.26. The van der Waals surface area contributed by atoms with Crippen molar-refractivity contribution < 1.29 is 18.7 Å². The second kappa shape index (κ2) is 11.5. The van der Waals surface area contributed by atoms with Crippen molar-refractivity contribution in [3.8, 4) is 23.3 Å². The topological polar surface area (TPSA) is 115 Å². The minimum atomic E-state index is -0.778. The van der Waals surface area contributed by atoms with E-state index in [1.54, 1.807) is 66.9 Å². The number of anilines is 1. The first-order chi connectivity index (χ1) is 18.3. The average Bonchev–Trinajstić information content (AvgIpc) is 3.39. The highest BCUT2D eigenvalue weighted by atomic mass is 19.1. The van der Waals surface area contributed by atoms with Crippen LogP contribution in [0.2, 0.25) is 0 Å². The molecule has 8 nitrogen and oxygen atoms in total. The number of benzene rings is 3. The average molecular weight is 514 g/mol. The smallest absolute Gasteiger partial charge is 0.250 e. The summed E-state index contributed by atoms with van der Waals surface area (Å²) >= 11 is 0. The van der Waals surface area contributed by atoms with E-state index in [1.807, 2.05) is 20.8 Å². The van der Waals surface area contributed by atoms with Crippen LogP contribution in [0.4, 0.5) is 10.1 Å². The first-order valence-corrected chi connectivity index (χ1v) is 12.1. The maximum absolute atomic E-state index is 16.0. The summed E-state index contributed by atoms with van der Waals surface area (Å²) in [6, 6.07) is 19.8. The van der Waals surface area contributed by atoms with Crippen LogP contribution in [0, 0.1) is 17.1 Å². The van der Waals surface area contributed by atoms with Crippen LogP contribution in [0.3, 0.4) is 0 Å². The van der Waals surface area contributed by atoms with Crippen LogP contribution < -0.4 is 20.5 Å². The van der Waals surface area contributed by atoms with Crippen LogP contribution in [0.5, 0.6) is 11.5 Å². The molecule has 0 spiro atoms. The molecule has 1 amide bonds. The van der Waals surface area contributed by atoms with E-state index in [0.717, 1.165) is 0 Å². The molecule has 1 unspecified atom stereocenters. The largest absolute Gasteiger partial charge is 0.494 e. The second-order valence-corrected chi connectivity index (χ2v) is 8.76. The van der Waals surface area contributed by atoms with Gasteiger partial charge in [-0.2, -0.15) is 10.4 Å². The summed E-state index contributed by atoms with van der Waals surface area (Å²) in [7, 11) is 0. The number of carbonyl (C=O) groups excluding carboxylic acids is 1. The van der Waals surface area contributed by atoms with Crippen LogP contribution >= 0.6 is 0 Å². The van der Waals surface area contributed by atoms with Gasteiger partial charge in [-0.1, -0.05) is 12.1 Å². The fourth-order valence-electron chi connectivity index (χ4n) is 4.02. The Morgan fingerprint density at radius 1 is 1.16 bits per heavy atom. The first kappa shape index (κ1) is 26.2. The van der Waals surface area contributed by atoms with Crippen molar-refractivity contribution in [3.63, 3.8) is 0 Å². The van der Waals surface area contributed by atoms with Gasteiger partial charge in [-0.3, -0.25) is 4.79 Å². The molecular weight excluding hydrogens is 485 g/mol. The van der Waals surface area contributed by atoms with Gasteiger partial charge < -0.3 is 20.5 Å². The van der Waals surface area contributed by atoms with Gasteiger partial charge in [-0.15, -0.1) is 0 Å². The number of nitrogens with two attached hydrogens (primary N) is 1. The molecular formula is C29H28FN5O3. The Hall–Kier alpha value is -4.84. The lowest BCUT2D eigenvalue weighted by Crippen LogP contribution is -2.18. The number of para-hydroxylation sites is 1. The number of hydrogen-bond acceptors (Lipinski definition) is 6. The number of rotatable bonds is 10.